The van der Waals surface area contributed by atoms with Crippen LogP contribution in [0.2, 0.25) is 0 Å². The Labute approximate surface area is 114 Å². The van der Waals surface area contributed by atoms with E-state index >= 15 is 0 Å². The molecule has 0 aliphatic heterocycles. The summed E-state index contributed by atoms with van der Waals surface area (Å²) in [5.41, 5.74) is 2.01. The van der Waals surface area contributed by atoms with Crippen molar-refractivity contribution in [2.75, 3.05) is 11.9 Å². The molecule has 2 aromatic heterocycles. The summed E-state index contributed by atoms with van der Waals surface area (Å²) in [4.78, 5) is 19.6. The van der Waals surface area contributed by atoms with Gasteiger partial charge in [-0.1, -0.05) is 0 Å². The molecule has 0 spiro atoms. The van der Waals surface area contributed by atoms with E-state index in [9.17, 15) is 4.79 Å². The van der Waals surface area contributed by atoms with E-state index in [0.29, 0.717) is 6.42 Å². The second-order valence-electron chi connectivity index (χ2n) is 4.53. The molecule has 3 nitrogen and oxygen atoms in total. The van der Waals surface area contributed by atoms with E-state index in [0.717, 1.165) is 30.2 Å². The minimum absolute atomic E-state index is 0.211. The van der Waals surface area contributed by atoms with Crippen molar-refractivity contribution < 1.29 is 4.79 Å². The van der Waals surface area contributed by atoms with E-state index < -0.39 is 0 Å². The van der Waals surface area contributed by atoms with Crippen molar-refractivity contribution in [2.45, 2.75) is 25.8 Å². The summed E-state index contributed by atoms with van der Waals surface area (Å²) >= 11 is 3.37. The SMILES string of the molecule is CN(Cc1ccsc1)c1nc2c(s1)CCCC2=O. The van der Waals surface area contributed by atoms with Crippen molar-refractivity contribution in [3.05, 3.63) is 33.0 Å². The highest BCUT2D eigenvalue weighted by molar-refractivity contribution is 7.16. The Morgan fingerprint density at radius 3 is 3.06 bits per heavy atom. The van der Waals surface area contributed by atoms with Crippen molar-refractivity contribution >= 4 is 33.6 Å². The summed E-state index contributed by atoms with van der Waals surface area (Å²) in [7, 11) is 2.03. The van der Waals surface area contributed by atoms with Crippen molar-refractivity contribution in [3.63, 3.8) is 0 Å². The van der Waals surface area contributed by atoms with Crippen LogP contribution in [0.1, 0.15) is 33.8 Å². The molecule has 0 unspecified atom stereocenters. The van der Waals surface area contributed by atoms with Crippen LogP contribution in [0.5, 0.6) is 0 Å². The molecule has 0 bridgehead atoms. The number of rotatable bonds is 3. The van der Waals surface area contributed by atoms with Gasteiger partial charge in [0.05, 0.1) is 0 Å². The first-order valence-corrected chi connectivity index (χ1v) is 7.75. The van der Waals surface area contributed by atoms with Gasteiger partial charge in [-0.25, -0.2) is 4.98 Å². The normalized spacial score (nSPS) is 14.6. The molecule has 1 aliphatic rings. The standard InChI is InChI=1S/C13H14N2OS2/c1-15(7-9-5-6-17-8-9)13-14-12-10(16)3-2-4-11(12)18-13/h5-6,8H,2-4,7H2,1H3. The summed E-state index contributed by atoms with van der Waals surface area (Å²) in [6.07, 6.45) is 2.64. The van der Waals surface area contributed by atoms with Crippen LogP contribution in [0.3, 0.4) is 0 Å². The van der Waals surface area contributed by atoms with E-state index in [-0.39, 0.29) is 5.78 Å². The fraction of sp³-hybridized carbons (Fsp3) is 0.385. The summed E-state index contributed by atoms with van der Waals surface area (Å²) < 4.78 is 0. The summed E-state index contributed by atoms with van der Waals surface area (Å²) in [6.45, 7) is 0.851. The highest BCUT2D eigenvalue weighted by Gasteiger charge is 2.23. The second kappa shape index (κ2) is 4.82. The maximum Gasteiger partial charge on any atom is 0.186 e. The number of nitrogens with zero attached hydrogens (tertiary/aromatic N) is 2. The topological polar surface area (TPSA) is 33.2 Å². The summed E-state index contributed by atoms with van der Waals surface area (Å²) in [5.74, 6) is 0.211. The molecule has 0 N–H and O–H groups in total. The summed E-state index contributed by atoms with van der Waals surface area (Å²) in [6, 6.07) is 2.12. The molecule has 0 saturated carbocycles. The second-order valence-corrected chi connectivity index (χ2v) is 6.37. The van der Waals surface area contributed by atoms with Crippen molar-refractivity contribution in [3.8, 4) is 0 Å². The van der Waals surface area contributed by atoms with E-state index in [4.69, 9.17) is 0 Å². The van der Waals surface area contributed by atoms with Gasteiger partial charge in [0.1, 0.15) is 5.69 Å². The van der Waals surface area contributed by atoms with Gasteiger partial charge in [-0.05, 0) is 35.2 Å². The molecule has 2 heterocycles. The first kappa shape index (κ1) is 11.9. The predicted octanol–water partition coefficient (Wildman–Crippen LogP) is 3.36. The number of aryl methyl sites for hydroxylation is 1. The van der Waals surface area contributed by atoms with Crippen LogP contribution in [0.15, 0.2) is 16.8 Å². The molecule has 0 radical (unpaired) electrons. The largest absolute Gasteiger partial charge is 0.347 e. The van der Waals surface area contributed by atoms with Crippen LogP contribution in [0.25, 0.3) is 0 Å². The maximum atomic E-state index is 11.8. The average molecular weight is 278 g/mol. The molecule has 5 heteroatoms. The van der Waals surface area contributed by atoms with Crippen LogP contribution >= 0.6 is 22.7 Å². The zero-order chi connectivity index (χ0) is 12.5. The average Bonchev–Trinajstić information content (AvgIpc) is 2.97. The molecule has 3 rings (SSSR count). The molecule has 1 aliphatic carbocycles. The first-order chi connectivity index (χ1) is 8.74. The number of thiazole rings is 1. The lowest BCUT2D eigenvalue weighted by molar-refractivity contribution is 0.0968. The minimum atomic E-state index is 0.211. The third-order valence-corrected chi connectivity index (χ3v) is 5.05. The number of hydrogen-bond acceptors (Lipinski definition) is 5. The number of carbonyl (C=O) groups is 1. The third-order valence-electron chi connectivity index (χ3n) is 3.08. The molecule has 18 heavy (non-hydrogen) atoms. The molecule has 0 fully saturated rings. The molecule has 0 aromatic carbocycles. The number of Topliss-reactive ketones (excluding diaryl/α,β-unsaturated/α-hetero) is 1. The number of fused-ring (bicyclic) bond motifs is 1. The van der Waals surface area contributed by atoms with Crippen molar-refractivity contribution in [2.24, 2.45) is 0 Å². The van der Waals surface area contributed by atoms with E-state index in [2.05, 4.69) is 26.7 Å². The smallest absolute Gasteiger partial charge is 0.186 e. The fourth-order valence-electron chi connectivity index (χ4n) is 2.14. The van der Waals surface area contributed by atoms with Gasteiger partial charge in [0, 0.05) is 24.9 Å². The Kier molecular flexibility index (Phi) is 3.18. The number of carbonyl (C=O) groups excluding carboxylic acids is 1. The lowest BCUT2D eigenvalue weighted by Crippen LogP contribution is -2.16. The van der Waals surface area contributed by atoms with Crippen LogP contribution < -0.4 is 4.90 Å². The Hall–Kier alpha value is -1.20. The van der Waals surface area contributed by atoms with E-state index in [1.54, 1.807) is 22.7 Å². The van der Waals surface area contributed by atoms with Crippen LogP contribution in [0.4, 0.5) is 5.13 Å². The van der Waals surface area contributed by atoms with Gasteiger partial charge in [0.2, 0.25) is 0 Å². The first-order valence-electron chi connectivity index (χ1n) is 5.99. The Morgan fingerprint density at radius 2 is 2.33 bits per heavy atom. The van der Waals surface area contributed by atoms with Gasteiger partial charge in [-0.15, -0.1) is 11.3 Å². The lowest BCUT2D eigenvalue weighted by atomic mass is 10.0. The van der Waals surface area contributed by atoms with E-state index in [1.807, 2.05) is 7.05 Å². The van der Waals surface area contributed by atoms with Gasteiger partial charge in [-0.2, -0.15) is 11.3 Å². The zero-order valence-corrected chi connectivity index (χ0v) is 11.8. The van der Waals surface area contributed by atoms with Crippen LogP contribution in [0, 0.1) is 0 Å². The number of anilines is 1. The Balaban J connectivity index is 1.82. The molecule has 0 amide bonds. The van der Waals surface area contributed by atoms with Crippen molar-refractivity contribution in [1.82, 2.24) is 4.98 Å². The molecular weight excluding hydrogens is 264 g/mol. The third kappa shape index (κ3) is 2.20. The highest BCUT2D eigenvalue weighted by atomic mass is 32.1. The number of aromatic nitrogens is 1. The van der Waals surface area contributed by atoms with Gasteiger partial charge in [-0.3, -0.25) is 4.79 Å². The number of ketones is 1. The number of hydrogen-bond donors (Lipinski definition) is 0. The fourth-order valence-corrected chi connectivity index (χ4v) is 3.88. The van der Waals surface area contributed by atoms with Crippen LogP contribution in [-0.2, 0) is 13.0 Å². The van der Waals surface area contributed by atoms with E-state index in [1.165, 1.54) is 10.4 Å². The Bertz CT molecular complexity index is 560. The molecule has 0 saturated heterocycles. The van der Waals surface area contributed by atoms with Gasteiger partial charge >= 0.3 is 0 Å². The summed E-state index contributed by atoms with van der Waals surface area (Å²) in [5, 5.41) is 5.19. The van der Waals surface area contributed by atoms with Gasteiger partial charge in [0.25, 0.3) is 0 Å². The van der Waals surface area contributed by atoms with Crippen molar-refractivity contribution in [1.29, 1.82) is 0 Å². The molecular formula is C13H14N2OS2. The minimum Gasteiger partial charge on any atom is -0.347 e. The molecule has 0 atom stereocenters. The van der Waals surface area contributed by atoms with Gasteiger partial charge in [0.15, 0.2) is 10.9 Å². The monoisotopic (exact) mass is 278 g/mol. The van der Waals surface area contributed by atoms with Gasteiger partial charge < -0.3 is 4.90 Å². The zero-order valence-electron chi connectivity index (χ0n) is 10.2. The Morgan fingerprint density at radius 1 is 1.44 bits per heavy atom. The predicted molar refractivity (Wildman–Crippen MR) is 75.8 cm³/mol. The maximum absolute atomic E-state index is 11.8. The quantitative estimate of drug-likeness (QED) is 0.863. The highest BCUT2D eigenvalue weighted by Crippen LogP contribution is 2.31. The number of thiophene rings is 1. The van der Waals surface area contributed by atoms with Crippen LogP contribution in [-0.4, -0.2) is 17.8 Å². The molecule has 2 aromatic rings. The lowest BCUT2D eigenvalue weighted by Gasteiger charge is -2.14. The molecule has 94 valence electrons.